The molecule has 2 rings (SSSR count). The van der Waals surface area contributed by atoms with Crippen LogP contribution in [0.3, 0.4) is 0 Å². The molecule has 0 radical (unpaired) electrons. The van der Waals surface area contributed by atoms with Gasteiger partial charge in [-0.2, -0.15) is 4.31 Å². The summed E-state index contributed by atoms with van der Waals surface area (Å²) >= 11 is 0. The quantitative estimate of drug-likeness (QED) is 0.730. The zero-order chi connectivity index (χ0) is 18.5. The summed E-state index contributed by atoms with van der Waals surface area (Å²) in [5, 5.41) is 2.88. The van der Waals surface area contributed by atoms with Gasteiger partial charge in [-0.05, 0) is 37.8 Å². The zero-order valence-electron chi connectivity index (χ0n) is 15.5. The van der Waals surface area contributed by atoms with Gasteiger partial charge in [0.15, 0.2) is 0 Å². The third-order valence-corrected chi connectivity index (χ3v) is 7.05. The van der Waals surface area contributed by atoms with Gasteiger partial charge in [0.2, 0.25) is 15.9 Å². The van der Waals surface area contributed by atoms with Crippen molar-refractivity contribution in [3.8, 4) is 0 Å². The van der Waals surface area contributed by atoms with Crippen molar-refractivity contribution in [2.24, 2.45) is 5.73 Å². The first-order chi connectivity index (χ1) is 11.8. The fourth-order valence-corrected chi connectivity index (χ4v) is 4.74. The van der Waals surface area contributed by atoms with Crippen molar-refractivity contribution in [3.05, 3.63) is 30.3 Å². The smallest absolute Gasteiger partial charge is 0.243 e. The number of rotatable bonds is 7. The van der Waals surface area contributed by atoms with E-state index in [-0.39, 0.29) is 23.2 Å². The molecule has 1 aliphatic heterocycles. The fraction of sp³-hybridized carbons (Fsp3) is 0.611. The Morgan fingerprint density at radius 3 is 2.42 bits per heavy atom. The third kappa shape index (κ3) is 5.19. The van der Waals surface area contributed by atoms with Crippen LogP contribution < -0.4 is 11.1 Å². The molecule has 26 heavy (non-hydrogen) atoms. The van der Waals surface area contributed by atoms with Gasteiger partial charge in [0.1, 0.15) is 6.04 Å². The van der Waals surface area contributed by atoms with Gasteiger partial charge < -0.3 is 11.1 Å². The number of nitrogens with two attached hydrogens (primary N) is 1. The number of piperidine rings is 1. The summed E-state index contributed by atoms with van der Waals surface area (Å²) in [6.07, 6.45) is 3.64. The topological polar surface area (TPSA) is 92.5 Å². The molecule has 3 N–H and O–H groups in total. The third-order valence-electron chi connectivity index (χ3n) is 5.13. The van der Waals surface area contributed by atoms with Crippen molar-refractivity contribution < 1.29 is 13.2 Å². The van der Waals surface area contributed by atoms with Gasteiger partial charge in [0, 0.05) is 18.6 Å². The fourth-order valence-electron chi connectivity index (χ4n) is 3.06. The van der Waals surface area contributed by atoms with E-state index in [0.717, 1.165) is 25.7 Å². The van der Waals surface area contributed by atoms with Crippen molar-refractivity contribution in [2.45, 2.75) is 62.4 Å². The van der Waals surface area contributed by atoms with Crippen LogP contribution in [0.4, 0.5) is 0 Å². The summed E-state index contributed by atoms with van der Waals surface area (Å²) < 4.78 is 27.2. The maximum atomic E-state index is 12.9. The van der Waals surface area contributed by atoms with Crippen LogP contribution in [0.15, 0.2) is 35.2 Å². The number of carbonyl (C=O) groups is 1. The van der Waals surface area contributed by atoms with Crippen LogP contribution in [0.5, 0.6) is 0 Å². The molecular weight excluding hydrogens is 374 g/mol. The largest absolute Gasteiger partial charge is 0.353 e. The van der Waals surface area contributed by atoms with E-state index in [0.29, 0.717) is 19.5 Å². The van der Waals surface area contributed by atoms with Crippen LogP contribution in [0.25, 0.3) is 0 Å². The lowest BCUT2D eigenvalue weighted by Crippen LogP contribution is -2.56. The van der Waals surface area contributed by atoms with Gasteiger partial charge in [0.05, 0.1) is 4.90 Å². The highest BCUT2D eigenvalue weighted by Gasteiger charge is 2.38. The number of sulfonamides is 1. The average molecular weight is 404 g/mol. The van der Waals surface area contributed by atoms with Crippen molar-refractivity contribution >= 4 is 28.3 Å². The Bertz CT molecular complexity index is 678. The van der Waals surface area contributed by atoms with E-state index < -0.39 is 21.6 Å². The molecule has 1 unspecified atom stereocenters. The van der Waals surface area contributed by atoms with Crippen LogP contribution in [-0.2, 0) is 14.8 Å². The Morgan fingerprint density at radius 1 is 1.23 bits per heavy atom. The van der Waals surface area contributed by atoms with Crippen molar-refractivity contribution in [2.75, 3.05) is 13.1 Å². The maximum Gasteiger partial charge on any atom is 0.243 e. The summed E-state index contributed by atoms with van der Waals surface area (Å²) in [5.74, 6) is -0.254. The maximum absolute atomic E-state index is 12.9. The minimum Gasteiger partial charge on any atom is -0.353 e. The molecule has 0 aromatic heterocycles. The Morgan fingerprint density at radius 2 is 1.85 bits per heavy atom. The second-order valence-electron chi connectivity index (χ2n) is 6.73. The number of hydrogen-bond acceptors (Lipinski definition) is 4. The predicted octanol–water partition coefficient (Wildman–Crippen LogP) is 2.29. The second kappa shape index (κ2) is 9.69. The summed E-state index contributed by atoms with van der Waals surface area (Å²) in [7, 11) is -3.68. The average Bonchev–Trinajstić information content (AvgIpc) is 2.66. The first-order valence-corrected chi connectivity index (χ1v) is 10.4. The van der Waals surface area contributed by atoms with Crippen LogP contribution in [0.2, 0.25) is 0 Å². The van der Waals surface area contributed by atoms with Gasteiger partial charge in [-0.15, -0.1) is 12.4 Å². The van der Waals surface area contributed by atoms with E-state index in [2.05, 4.69) is 5.32 Å². The lowest BCUT2D eigenvalue weighted by molar-refractivity contribution is -0.126. The Labute approximate surface area is 163 Å². The molecule has 1 atom stereocenters. The molecule has 8 heteroatoms. The number of hydrogen-bond donors (Lipinski definition) is 2. The minimum absolute atomic E-state index is 0. The SMILES string of the molecule is CCC(N)(CC)CNC(=O)C1CCCCN1S(=O)(=O)c1ccccc1.Cl. The van der Waals surface area contributed by atoms with E-state index in [1.54, 1.807) is 30.3 Å². The molecule has 1 fully saturated rings. The Kier molecular flexibility index (Phi) is 8.53. The molecule has 0 spiro atoms. The molecule has 1 saturated heterocycles. The molecule has 6 nitrogen and oxygen atoms in total. The first kappa shape index (κ1) is 22.9. The molecule has 1 amide bonds. The number of halogens is 1. The van der Waals surface area contributed by atoms with Crippen LogP contribution in [-0.4, -0.2) is 43.3 Å². The minimum atomic E-state index is -3.68. The number of amides is 1. The van der Waals surface area contributed by atoms with Gasteiger partial charge in [-0.25, -0.2) is 8.42 Å². The first-order valence-electron chi connectivity index (χ1n) is 8.97. The highest BCUT2D eigenvalue weighted by atomic mass is 35.5. The van der Waals surface area contributed by atoms with Crippen molar-refractivity contribution in [1.29, 1.82) is 0 Å². The monoisotopic (exact) mass is 403 g/mol. The van der Waals surface area contributed by atoms with E-state index in [1.807, 2.05) is 13.8 Å². The van der Waals surface area contributed by atoms with Crippen molar-refractivity contribution in [3.63, 3.8) is 0 Å². The molecule has 148 valence electrons. The van der Waals surface area contributed by atoms with Gasteiger partial charge in [-0.1, -0.05) is 38.5 Å². The molecule has 0 aliphatic carbocycles. The van der Waals surface area contributed by atoms with Gasteiger partial charge >= 0.3 is 0 Å². The molecule has 1 heterocycles. The van der Waals surface area contributed by atoms with E-state index in [1.165, 1.54) is 4.31 Å². The predicted molar refractivity (Wildman–Crippen MR) is 106 cm³/mol. The number of nitrogens with one attached hydrogen (secondary N) is 1. The number of benzene rings is 1. The molecule has 0 saturated carbocycles. The summed E-state index contributed by atoms with van der Waals surface area (Å²) in [6, 6.07) is 7.62. The standard InChI is InChI=1S/C18H29N3O3S.ClH/c1-3-18(19,4-2)14-20-17(22)16-12-8-9-13-21(16)25(23,24)15-10-6-5-7-11-15;/h5-7,10-11,16H,3-4,8-9,12-14,19H2,1-2H3,(H,20,22);1H. The van der Waals surface area contributed by atoms with Gasteiger partial charge in [-0.3, -0.25) is 4.79 Å². The summed E-state index contributed by atoms with van der Waals surface area (Å²) in [6.45, 7) is 4.70. The highest BCUT2D eigenvalue weighted by molar-refractivity contribution is 7.89. The Balaban J connectivity index is 0.00000338. The molecular formula is C18H30ClN3O3S. The van der Waals surface area contributed by atoms with Crippen LogP contribution in [0, 0.1) is 0 Å². The number of nitrogens with zero attached hydrogens (tertiary/aromatic N) is 1. The normalized spacial score (nSPS) is 18.8. The zero-order valence-corrected chi connectivity index (χ0v) is 17.1. The lowest BCUT2D eigenvalue weighted by atomic mass is 9.94. The van der Waals surface area contributed by atoms with Crippen LogP contribution >= 0.6 is 12.4 Å². The van der Waals surface area contributed by atoms with E-state index in [4.69, 9.17) is 5.73 Å². The molecule has 1 aromatic rings. The van der Waals surface area contributed by atoms with E-state index >= 15 is 0 Å². The highest BCUT2D eigenvalue weighted by Crippen LogP contribution is 2.25. The van der Waals surface area contributed by atoms with E-state index in [9.17, 15) is 13.2 Å². The van der Waals surface area contributed by atoms with Crippen LogP contribution in [0.1, 0.15) is 46.0 Å². The molecule has 1 aromatic carbocycles. The Hall–Kier alpha value is -1.15. The molecule has 1 aliphatic rings. The second-order valence-corrected chi connectivity index (χ2v) is 8.62. The molecule has 0 bridgehead atoms. The van der Waals surface area contributed by atoms with Gasteiger partial charge in [0.25, 0.3) is 0 Å². The number of carbonyl (C=O) groups excluding carboxylic acids is 1. The lowest BCUT2D eigenvalue weighted by Gasteiger charge is -2.35. The summed E-state index contributed by atoms with van der Waals surface area (Å²) in [5.41, 5.74) is 5.79. The van der Waals surface area contributed by atoms with Crippen molar-refractivity contribution in [1.82, 2.24) is 9.62 Å². The summed E-state index contributed by atoms with van der Waals surface area (Å²) in [4.78, 5) is 12.9.